The fraction of sp³-hybridized carbons (Fsp3) is 0.263. The summed E-state index contributed by atoms with van der Waals surface area (Å²) in [5, 5.41) is 23.7. The Balaban J connectivity index is 2.14. The highest BCUT2D eigenvalue weighted by Gasteiger charge is 2.20. The molecular weight excluding hydrogens is 292 g/mol. The van der Waals surface area contributed by atoms with E-state index >= 15 is 0 Å². The van der Waals surface area contributed by atoms with Crippen LogP contribution in [0.2, 0.25) is 0 Å². The molecule has 0 aliphatic rings. The Morgan fingerprint density at radius 2 is 1.23 bits per heavy atom. The van der Waals surface area contributed by atoms with E-state index < -0.39 is 0 Å². The number of benzene rings is 3. The molecule has 3 heteroatoms. The minimum absolute atomic E-state index is 0.0125. The van der Waals surface area contributed by atoms with Crippen LogP contribution in [0.4, 0.5) is 0 Å². The maximum absolute atomic E-state index is 9.29. The zero-order valence-corrected chi connectivity index (χ0v) is 13.4. The second-order valence-corrected chi connectivity index (χ2v) is 7.74. The summed E-state index contributed by atoms with van der Waals surface area (Å²) >= 11 is 0. The summed E-state index contributed by atoms with van der Waals surface area (Å²) in [6.07, 6.45) is 0. The van der Waals surface area contributed by atoms with Gasteiger partial charge < -0.3 is 10.2 Å². The van der Waals surface area contributed by atoms with Gasteiger partial charge in [-0.3, -0.25) is 0 Å². The summed E-state index contributed by atoms with van der Waals surface area (Å²) in [7, 11) is 0.0125. The van der Waals surface area contributed by atoms with Gasteiger partial charge in [0.05, 0.1) is 13.2 Å². The first-order chi connectivity index (χ1) is 10.8. The summed E-state index contributed by atoms with van der Waals surface area (Å²) in [4.78, 5) is 0. The molecule has 0 unspecified atom stereocenters. The van der Waals surface area contributed by atoms with Crippen molar-refractivity contribution in [3.05, 3.63) is 60.2 Å². The van der Waals surface area contributed by atoms with E-state index in [0.717, 1.165) is 17.3 Å². The Hall–Kier alpha value is -1.55. The SMILES string of the molecule is OCC[S+](CCO)Cc1c2ccccc2cc2ccccc12. The lowest BCUT2D eigenvalue weighted by molar-refractivity contribution is 0.316. The molecule has 0 bridgehead atoms. The first-order valence-corrected chi connectivity index (χ1v) is 9.32. The number of aliphatic hydroxyl groups excluding tert-OH is 2. The molecule has 0 spiro atoms. The molecule has 0 atom stereocenters. The number of hydrogen-bond donors (Lipinski definition) is 2. The van der Waals surface area contributed by atoms with Gasteiger partial charge in [-0.15, -0.1) is 0 Å². The number of rotatable bonds is 6. The molecule has 3 rings (SSSR count). The molecule has 0 fully saturated rings. The minimum Gasteiger partial charge on any atom is -0.391 e. The maximum Gasteiger partial charge on any atom is 0.134 e. The van der Waals surface area contributed by atoms with Gasteiger partial charge in [0.25, 0.3) is 0 Å². The number of fused-ring (bicyclic) bond motifs is 2. The molecule has 0 radical (unpaired) electrons. The number of hydrogen-bond acceptors (Lipinski definition) is 2. The lowest BCUT2D eigenvalue weighted by atomic mass is 9.98. The van der Waals surface area contributed by atoms with Crippen LogP contribution >= 0.6 is 0 Å². The fourth-order valence-electron chi connectivity index (χ4n) is 2.97. The molecule has 2 nitrogen and oxygen atoms in total. The normalized spacial score (nSPS) is 11.6. The molecule has 0 aliphatic heterocycles. The van der Waals surface area contributed by atoms with Crippen molar-refractivity contribution in [2.75, 3.05) is 24.7 Å². The second kappa shape index (κ2) is 7.14. The van der Waals surface area contributed by atoms with Gasteiger partial charge in [0.1, 0.15) is 17.3 Å². The third kappa shape index (κ3) is 3.12. The van der Waals surface area contributed by atoms with Gasteiger partial charge in [-0.1, -0.05) is 48.5 Å². The van der Waals surface area contributed by atoms with E-state index in [1.165, 1.54) is 27.1 Å². The molecule has 3 aromatic carbocycles. The Morgan fingerprint density at radius 1 is 0.727 bits per heavy atom. The van der Waals surface area contributed by atoms with Crippen LogP contribution in [0.25, 0.3) is 21.5 Å². The first-order valence-electron chi connectivity index (χ1n) is 7.58. The Kier molecular flexibility index (Phi) is 4.98. The molecular formula is C19H21O2S+. The molecule has 114 valence electrons. The van der Waals surface area contributed by atoms with Crippen LogP contribution in [0, 0.1) is 0 Å². The van der Waals surface area contributed by atoms with Crippen molar-refractivity contribution < 1.29 is 10.2 Å². The van der Waals surface area contributed by atoms with Crippen LogP contribution in [-0.4, -0.2) is 34.9 Å². The van der Waals surface area contributed by atoms with E-state index in [4.69, 9.17) is 0 Å². The molecule has 0 aliphatic carbocycles. The Morgan fingerprint density at radius 3 is 1.73 bits per heavy atom. The first kappa shape index (κ1) is 15.3. The molecule has 3 aromatic rings. The predicted octanol–water partition coefficient (Wildman–Crippen LogP) is 3.10. The summed E-state index contributed by atoms with van der Waals surface area (Å²) in [6, 6.07) is 19.2. The van der Waals surface area contributed by atoms with Crippen LogP contribution in [0.5, 0.6) is 0 Å². The summed E-state index contributed by atoms with van der Waals surface area (Å²) in [5.41, 5.74) is 1.35. The molecule has 0 heterocycles. The molecule has 0 saturated heterocycles. The Labute approximate surface area is 133 Å². The van der Waals surface area contributed by atoms with Gasteiger partial charge in [0.15, 0.2) is 0 Å². The van der Waals surface area contributed by atoms with Crippen molar-refractivity contribution in [2.45, 2.75) is 5.75 Å². The molecule has 22 heavy (non-hydrogen) atoms. The van der Waals surface area contributed by atoms with Gasteiger partial charge in [0.2, 0.25) is 0 Å². The van der Waals surface area contributed by atoms with E-state index in [0.29, 0.717) is 0 Å². The van der Waals surface area contributed by atoms with Crippen LogP contribution in [0.3, 0.4) is 0 Å². The molecule has 0 saturated carbocycles. The van der Waals surface area contributed by atoms with Gasteiger partial charge >= 0.3 is 0 Å². The minimum atomic E-state index is 0.0125. The van der Waals surface area contributed by atoms with Crippen molar-refractivity contribution in [3.63, 3.8) is 0 Å². The van der Waals surface area contributed by atoms with E-state index in [-0.39, 0.29) is 24.1 Å². The van der Waals surface area contributed by atoms with Crippen molar-refractivity contribution in [3.8, 4) is 0 Å². The monoisotopic (exact) mass is 313 g/mol. The highest BCUT2D eigenvalue weighted by molar-refractivity contribution is 7.96. The largest absolute Gasteiger partial charge is 0.391 e. The predicted molar refractivity (Wildman–Crippen MR) is 96.4 cm³/mol. The van der Waals surface area contributed by atoms with Gasteiger partial charge in [-0.25, -0.2) is 0 Å². The van der Waals surface area contributed by atoms with Crippen LogP contribution in [0.1, 0.15) is 5.56 Å². The van der Waals surface area contributed by atoms with Crippen LogP contribution in [-0.2, 0) is 16.6 Å². The standard InChI is InChI=1S/C19H21O2S/c20-9-11-22(12-10-21)14-19-17-7-3-1-5-15(17)13-16-6-2-4-8-18(16)19/h1-8,13,20-21H,9-12,14H2/q+1. The highest BCUT2D eigenvalue weighted by Crippen LogP contribution is 2.30. The Bertz CT molecular complexity index is 710. The van der Waals surface area contributed by atoms with Crippen molar-refractivity contribution in [1.29, 1.82) is 0 Å². The zero-order chi connectivity index (χ0) is 15.4. The van der Waals surface area contributed by atoms with E-state index in [9.17, 15) is 10.2 Å². The van der Waals surface area contributed by atoms with Crippen molar-refractivity contribution in [1.82, 2.24) is 0 Å². The summed E-state index contributed by atoms with van der Waals surface area (Å²) in [6.45, 7) is 0.373. The zero-order valence-electron chi connectivity index (χ0n) is 12.5. The molecule has 0 amide bonds. The maximum atomic E-state index is 9.29. The van der Waals surface area contributed by atoms with Crippen molar-refractivity contribution >= 4 is 32.4 Å². The second-order valence-electron chi connectivity index (χ2n) is 5.41. The van der Waals surface area contributed by atoms with Gasteiger partial charge in [0, 0.05) is 5.56 Å². The van der Waals surface area contributed by atoms with E-state index in [1.54, 1.807) is 0 Å². The van der Waals surface area contributed by atoms with E-state index in [2.05, 4.69) is 54.6 Å². The quantitative estimate of drug-likeness (QED) is 0.542. The lowest BCUT2D eigenvalue weighted by Gasteiger charge is -2.13. The lowest BCUT2D eigenvalue weighted by Crippen LogP contribution is -2.19. The smallest absolute Gasteiger partial charge is 0.134 e. The van der Waals surface area contributed by atoms with Gasteiger partial charge in [-0.05, 0) is 38.5 Å². The average Bonchev–Trinajstić information content (AvgIpc) is 2.55. The highest BCUT2D eigenvalue weighted by atomic mass is 32.2. The number of aliphatic hydroxyl groups is 2. The summed E-state index contributed by atoms with van der Waals surface area (Å²) < 4.78 is 0. The topological polar surface area (TPSA) is 40.5 Å². The molecule has 2 N–H and O–H groups in total. The van der Waals surface area contributed by atoms with E-state index in [1.807, 2.05) is 0 Å². The third-order valence-corrected chi connectivity index (χ3v) is 6.21. The fourth-order valence-corrected chi connectivity index (χ4v) is 4.70. The van der Waals surface area contributed by atoms with Crippen LogP contribution < -0.4 is 0 Å². The average molecular weight is 313 g/mol. The van der Waals surface area contributed by atoms with Gasteiger partial charge in [-0.2, -0.15) is 0 Å². The van der Waals surface area contributed by atoms with Crippen LogP contribution in [0.15, 0.2) is 54.6 Å². The summed E-state index contributed by atoms with van der Waals surface area (Å²) in [5.74, 6) is 2.44. The van der Waals surface area contributed by atoms with Crippen molar-refractivity contribution in [2.24, 2.45) is 0 Å². The molecule has 0 aromatic heterocycles. The third-order valence-electron chi connectivity index (χ3n) is 3.99.